The van der Waals surface area contributed by atoms with Gasteiger partial charge in [-0.05, 0) is 32.8 Å². The number of ether oxygens (including phenoxy) is 1. The fraction of sp³-hybridized carbons (Fsp3) is 0.417. The van der Waals surface area contributed by atoms with Crippen LogP contribution in [0.25, 0.3) is 22.3 Å². The predicted octanol–water partition coefficient (Wildman–Crippen LogP) is 4.15. The summed E-state index contributed by atoms with van der Waals surface area (Å²) in [5, 5.41) is 4.63. The van der Waals surface area contributed by atoms with E-state index in [-0.39, 0.29) is 47.5 Å². The first kappa shape index (κ1) is 22.8. The molecular weight excluding hydrogens is 430 g/mol. The number of carbonyl (C=O) groups is 2. The van der Waals surface area contributed by atoms with Crippen molar-refractivity contribution in [2.24, 2.45) is 5.92 Å². The van der Waals surface area contributed by atoms with E-state index in [4.69, 9.17) is 4.74 Å². The summed E-state index contributed by atoms with van der Waals surface area (Å²) in [7, 11) is 0. The van der Waals surface area contributed by atoms with Crippen molar-refractivity contribution in [1.82, 2.24) is 19.7 Å². The van der Waals surface area contributed by atoms with Crippen molar-refractivity contribution in [3.8, 4) is 11.3 Å². The van der Waals surface area contributed by atoms with Gasteiger partial charge in [0.1, 0.15) is 6.54 Å². The van der Waals surface area contributed by atoms with Crippen molar-refractivity contribution in [3.63, 3.8) is 0 Å². The van der Waals surface area contributed by atoms with Gasteiger partial charge in [0.05, 0.1) is 29.3 Å². The fourth-order valence-electron chi connectivity index (χ4n) is 4.31. The van der Waals surface area contributed by atoms with Crippen LogP contribution in [0.5, 0.6) is 0 Å². The lowest BCUT2D eigenvalue weighted by atomic mass is 9.98. The number of likely N-dealkylation sites (tertiary alicyclic amines) is 1. The molecule has 33 heavy (non-hydrogen) atoms. The quantitative estimate of drug-likeness (QED) is 0.521. The molecule has 0 N–H and O–H groups in total. The second kappa shape index (κ2) is 9.64. The van der Waals surface area contributed by atoms with Crippen LogP contribution in [-0.2, 0) is 20.9 Å². The number of alkyl halides is 2. The van der Waals surface area contributed by atoms with Gasteiger partial charge >= 0.3 is 5.97 Å². The smallest absolute Gasteiger partial charge is 0.310 e. The Hall–Kier alpha value is -3.36. The van der Waals surface area contributed by atoms with Gasteiger partial charge in [0.25, 0.3) is 6.43 Å². The maximum Gasteiger partial charge on any atom is 0.310 e. The Balaban J connectivity index is 1.66. The van der Waals surface area contributed by atoms with Crippen LogP contribution < -0.4 is 0 Å². The molecule has 7 nitrogen and oxygen atoms in total. The second-order valence-electron chi connectivity index (χ2n) is 8.14. The van der Waals surface area contributed by atoms with E-state index in [1.807, 2.05) is 18.2 Å². The lowest BCUT2D eigenvalue weighted by Crippen LogP contribution is -2.44. The molecule has 3 aromatic rings. The van der Waals surface area contributed by atoms with E-state index in [0.29, 0.717) is 42.9 Å². The van der Waals surface area contributed by atoms with Gasteiger partial charge in [-0.2, -0.15) is 5.10 Å². The fourth-order valence-corrected chi connectivity index (χ4v) is 4.31. The highest BCUT2D eigenvalue weighted by Crippen LogP contribution is 2.33. The molecule has 3 heterocycles. The molecule has 1 fully saturated rings. The van der Waals surface area contributed by atoms with Crippen LogP contribution in [0.4, 0.5) is 8.78 Å². The minimum atomic E-state index is -2.71. The van der Waals surface area contributed by atoms with E-state index in [1.54, 1.807) is 30.9 Å². The van der Waals surface area contributed by atoms with Crippen LogP contribution in [0.15, 0.2) is 36.4 Å². The first-order valence-electron chi connectivity index (χ1n) is 11.0. The lowest BCUT2D eigenvalue weighted by Gasteiger charge is -2.31. The first-order chi connectivity index (χ1) is 15.9. The number of fused-ring (bicyclic) bond motifs is 1. The Labute approximate surface area is 190 Å². The molecule has 2 aromatic heterocycles. The minimum absolute atomic E-state index is 0.145. The number of aromatic nitrogens is 3. The number of nitrogens with zero attached hydrogens (tertiary/aromatic N) is 4. The molecule has 1 saturated heterocycles. The zero-order valence-corrected chi connectivity index (χ0v) is 18.6. The van der Waals surface area contributed by atoms with Gasteiger partial charge in [-0.15, -0.1) is 0 Å². The third-order valence-corrected chi connectivity index (χ3v) is 5.89. The highest BCUT2D eigenvalue weighted by molar-refractivity contribution is 5.87. The summed E-state index contributed by atoms with van der Waals surface area (Å²) in [6.07, 6.45) is -1.34. The molecule has 1 amide bonds. The monoisotopic (exact) mass is 456 g/mol. The van der Waals surface area contributed by atoms with Gasteiger partial charge in [0.2, 0.25) is 5.91 Å². The van der Waals surface area contributed by atoms with Crippen molar-refractivity contribution in [1.29, 1.82) is 0 Å². The van der Waals surface area contributed by atoms with E-state index in [0.717, 1.165) is 0 Å². The summed E-state index contributed by atoms with van der Waals surface area (Å²) in [6, 6.07) is 10.4. The highest BCUT2D eigenvalue weighted by atomic mass is 19.3. The van der Waals surface area contributed by atoms with Crippen molar-refractivity contribution in [3.05, 3.63) is 47.7 Å². The number of aryl methyl sites for hydroxylation is 1. The molecule has 9 heteroatoms. The number of esters is 1. The van der Waals surface area contributed by atoms with Crippen LogP contribution in [0, 0.1) is 12.8 Å². The topological polar surface area (TPSA) is 77.3 Å². The largest absolute Gasteiger partial charge is 0.466 e. The van der Waals surface area contributed by atoms with E-state index in [1.165, 1.54) is 10.7 Å². The molecule has 1 unspecified atom stereocenters. The van der Waals surface area contributed by atoms with Crippen LogP contribution in [-0.4, -0.2) is 51.2 Å². The SMILES string of the molecule is CCOC(=O)C1CCCN(C(=O)Cn2nc(C)c3c(C(F)F)cc(-c4ccccc4)nc32)C1. The molecule has 0 saturated carbocycles. The molecule has 0 bridgehead atoms. The van der Waals surface area contributed by atoms with E-state index < -0.39 is 6.43 Å². The highest BCUT2D eigenvalue weighted by Gasteiger charge is 2.30. The van der Waals surface area contributed by atoms with E-state index in [2.05, 4.69) is 10.1 Å². The van der Waals surface area contributed by atoms with Crippen LogP contribution in [0.1, 0.15) is 37.4 Å². The zero-order chi connectivity index (χ0) is 23.5. The number of piperidine rings is 1. The average molecular weight is 456 g/mol. The number of carbonyl (C=O) groups excluding carboxylic acids is 2. The number of pyridine rings is 1. The van der Waals surface area contributed by atoms with Crippen LogP contribution in [0.3, 0.4) is 0 Å². The van der Waals surface area contributed by atoms with Crippen LogP contribution >= 0.6 is 0 Å². The average Bonchev–Trinajstić information content (AvgIpc) is 3.14. The molecule has 1 aliphatic heterocycles. The van der Waals surface area contributed by atoms with Gasteiger partial charge in [-0.1, -0.05) is 30.3 Å². The minimum Gasteiger partial charge on any atom is -0.466 e. The van der Waals surface area contributed by atoms with Gasteiger partial charge in [-0.3, -0.25) is 9.59 Å². The molecule has 1 atom stereocenters. The number of hydrogen-bond acceptors (Lipinski definition) is 5. The van der Waals surface area contributed by atoms with Gasteiger partial charge in [-0.25, -0.2) is 18.4 Å². The number of benzene rings is 1. The summed E-state index contributed by atoms with van der Waals surface area (Å²) in [5.41, 5.74) is 1.58. The molecular formula is C24H26F2N4O3. The Morgan fingerprint density at radius 3 is 2.70 bits per heavy atom. The maximum absolute atomic E-state index is 13.9. The molecule has 0 aliphatic carbocycles. The summed E-state index contributed by atoms with van der Waals surface area (Å²) in [5.74, 6) is -0.892. The molecule has 174 valence electrons. The van der Waals surface area contributed by atoms with E-state index in [9.17, 15) is 18.4 Å². The summed E-state index contributed by atoms with van der Waals surface area (Å²) in [6.45, 7) is 4.34. The standard InChI is InChI=1S/C24H26F2N4O3/c1-3-33-24(32)17-10-7-11-29(13-17)20(31)14-30-23-21(15(2)28-30)18(22(25)26)12-19(27-23)16-8-5-4-6-9-16/h4-6,8-9,12,17,22H,3,7,10-11,13-14H2,1-2H3. The molecule has 1 aliphatic rings. The van der Waals surface area contributed by atoms with Gasteiger partial charge < -0.3 is 9.64 Å². The summed E-state index contributed by atoms with van der Waals surface area (Å²) < 4.78 is 34.4. The van der Waals surface area contributed by atoms with Crippen LogP contribution in [0.2, 0.25) is 0 Å². The maximum atomic E-state index is 13.9. The van der Waals surface area contributed by atoms with Crippen molar-refractivity contribution >= 4 is 22.9 Å². The third kappa shape index (κ3) is 4.72. The third-order valence-electron chi connectivity index (χ3n) is 5.89. The van der Waals surface area contributed by atoms with E-state index >= 15 is 0 Å². The zero-order valence-electron chi connectivity index (χ0n) is 18.6. The molecule has 1 aromatic carbocycles. The van der Waals surface area contributed by atoms with Crippen molar-refractivity contribution in [2.45, 2.75) is 39.7 Å². The Morgan fingerprint density at radius 1 is 1.24 bits per heavy atom. The molecule has 0 spiro atoms. The first-order valence-corrected chi connectivity index (χ1v) is 11.0. The summed E-state index contributed by atoms with van der Waals surface area (Å²) in [4.78, 5) is 31.4. The number of halogens is 2. The second-order valence-corrected chi connectivity index (χ2v) is 8.14. The van der Waals surface area contributed by atoms with Gasteiger partial charge in [0.15, 0.2) is 5.65 Å². The molecule has 4 rings (SSSR count). The number of rotatable bonds is 6. The summed E-state index contributed by atoms with van der Waals surface area (Å²) >= 11 is 0. The Bertz CT molecular complexity index is 1160. The predicted molar refractivity (Wildman–Crippen MR) is 119 cm³/mol. The van der Waals surface area contributed by atoms with Crippen molar-refractivity contribution in [2.75, 3.05) is 19.7 Å². The van der Waals surface area contributed by atoms with Crippen molar-refractivity contribution < 1.29 is 23.1 Å². The Morgan fingerprint density at radius 2 is 2.00 bits per heavy atom. The number of hydrogen-bond donors (Lipinski definition) is 0. The lowest BCUT2D eigenvalue weighted by molar-refractivity contribution is -0.151. The number of amides is 1. The van der Waals surface area contributed by atoms with Gasteiger partial charge in [0, 0.05) is 24.2 Å². The normalized spacial score (nSPS) is 16.4. The Kier molecular flexibility index (Phi) is 6.67. The molecule has 0 radical (unpaired) electrons.